The molecule has 1 aromatic carbocycles. The Morgan fingerprint density at radius 1 is 1.35 bits per heavy atom. The summed E-state index contributed by atoms with van der Waals surface area (Å²) >= 11 is 5.70. The van der Waals surface area contributed by atoms with Crippen molar-refractivity contribution in [3.05, 3.63) is 34.6 Å². The monoisotopic (exact) mass is 309 g/mol. The van der Waals surface area contributed by atoms with E-state index < -0.39 is 13.0 Å². The molecule has 1 unspecified atom stereocenters. The molecular weight excluding hydrogens is 291 g/mol. The molecule has 0 aromatic heterocycles. The maximum absolute atomic E-state index is 13.7. The Kier molecular flexibility index (Phi) is 7.95. The highest BCUT2D eigenvalue weighted by atomic mass is 35.5. The molecule has 0 heterocycles. The van der Waals surface area contributed by atoms with Gasteiger partial charge in [0.05, 0.1) is 0 Å². The zero-order valence-electron chi connectivity index (χ0n) is 11.3. The Bertz CT molecular complexity index is 404. The lowest BCUT2D eigenvalue weighted by molar-refractivity contribution is 0.0144. The predicted octanol–water partition coefficient (Wildman–Crippen LogP) is 3.67. The first-order chi connectivity index (χ1) is 9.52. The van der Waals surface area contributed by atoms with Crippen LogP contribution >= 0.6 is 11.6 Å². The maximum Gasteiger partial charge on any atom is 0.261 e. The molecule has 20 heavy (non-hydrogen) atoms. The van der Waals surface area contributed by atoms with Gasteiger partial charge in [-0.15, -0.1) is 0 Å². The molecule has 0 amide bonds. The van der Waals surface area contributed by atoms with Gasteiger partial charge in [-0.2, -0.15) is 0 Å². The van der Waals surface area contributed by atoms with Crippen LogP contribution in [-0.2, 0) is 11.2 Å². The smallest absolute Gasteiger partial charge is 0.261 e. The molecule has 1 rings (SSSR count). The molecule has 0 radical (unpaired) electrons. The number of rotatable bonds is 9. The number of nitrogens with one attached hydrogen (secondary N) is 1. The minimum atomic E-state index is -2.46. The number of hydrogen-bond acceptors (Lipinski definition) is 2. The van der Waals surface area contributed by atoms with Crippen molar-refractivity contribution < 1.29 is 17.9 Å². The normalized spacial score (nSPS) is 12.9. The molecule has 0 aliphatic heterocycles. The van der Waals surface area contributed by atoms with Gasteiger partial charge in [0.25, 0.3) is 6.43 Å². The summed E-state index contributed by atoms with van der Waals surface area (Å²) in [6.07, 6.45) is -1.45. The van der Waals surface area contributed by atoms with Gasteiger partial charge in [-0.25, -0.2) is 13.2 Å². The number of hydrogen-bond donors (Lipinski definition) is 1. The van der Waals surface area contributed by atoms with E-state index in [1.54, 1.807) is 12.1 Å². The van der Waals surface area contributed by atoms with E-state index in [0.717, 1.165) is 0 Å². The predicted molar refractivity (Wildman–Crippen MR) is 74.0 cm³/mol. The minimum absolute atomic E-state index is 0.0200. The molecular formula is C14H19ClF3NO. The molecule has 0 saturated heterocycles. The molecule has 0 bridgehead atoms. The van der Waals surface area contributed by atoms with E-state index in [9.17, 15) is 13.2 Å². The van der Waals surface area contributed by atoms with Gasteiger partial charge >= 0.3 is 0 Å². The fraction of sp³-hybridized carbons (Fsp3) is 0.571. The first-order valence-corrected chi connectivity index (χ1v) is 6.94. The first-order valence-electron chi connectivity index (χ1n) is 6.56. The lowest BCUT2D eigenvalue weighted by atomic mass is 10.0. The van der Waals surface area contributed by atoms with E-state index in [1.807, 2.05) is 6.92 Å². The van der Waals surface area contributed by atoms with Crippen LogP contribution in [0.5, 0.6) is 0 Å². The molecule has 114 valence electrons. The summed E-state index contributed by atoms with van der Waals surface area (Å²) in [5.41, 5.74) is 0.550. The summed E-state index contributed by atoms with van der Waals surface area (Å²) in [4.78, 5) is 0. The van der Waals surface area contributed by atoms with E-state index in [-0.39, 0.29) is 18.5 Å². The first kappa shape index (κ1) is 17.3. The SMILES string of the molecule is CCNC(CCOCC(F)F)Cc1ccc(Cl)cc1F. The fourth-order valence-corrected chi connectivity index (χ4v) is 2.07. The Balaban J connectivity index is 2.49. The van der Waals surface area contributed by atoms with Gasteiger partial charge in [0.15, 0.2) is 0 Å². The van der Waals surface area contributed by atoms with Crippen LogP contribution in [0.2, 0.25) is 5.02 Å². The lowest BCUT2D eigenvalue weighted by Crippen LogP contribution is -2.32. The highest BCUT2D eigenvalue weighted by molar-refractivity contribution is 6.30. The fourth-order valence-electron chi connectivity index (χ4n) is 1.92. The highest BCUT2D eigenvalue weighted by Gasteiger charge is 2.12. The van der Waals surface area contributed by atoms with Crippen LogP contribution in [0.1, 0.15) is 18.9 Å². The van der Waals surface area contributed by atoms with Crippen molar-refractivity contribution in [2.45, 2.75) is 32.2 Å². The van der Waals surface area contributed by atoms with E-state index in [2.05, 4.69) is 5.32 Å². The van der Waals surface area contributed by atoms with Crippen LogP contribution in [0.15, 0.2) is 18.2 Å². The molecule has 0 fully saturated rings. The van der Waals surface area contributed by atoms with Crippen molar-refractivity contribution in [2.24, 2.45) is 0 Å². The average molecular weight is 310 g/mol. The van der Waals surface area contributed by atoms with Crippen LogP contribution < -0.4 is 5.32 Å². The Labute approximate surface area is 122 Å². The van der Waals surface area contributed by atoms with Gasteiger partial charge in [0.2, 0.25) is 0 Å². The van der Waals surface area contributed by atoms with E-state index in [1.165, 1.54) is 6.07 Å². The number of halogens is 4. The summed E-state index contributed by atoms with van der Waals surface area (Å²) in [6.45, 7) is 2.31. The second kappa shape index (κ2) is 9.21. The van der Waals surface area contributed by atoms with Crippen LogP contribution in [0.25, 0.3) is 0 Å². The van der Waals surface area contributed by atoms with E-state index in [4.69, 9.17) is 16.3 Å². The van der Waals surface area contributed by atoms with Crippen molar-refractivity contribution in [2.75, 3.05) is 19.8 Å². The second-order valence-electron chi connectivity index (χ2n) is 4.45. The van der Waals surface area contributed by atoms with Crippen molar-refractivity contribution in [1.29, 1.82) is 0 Å². The lowest BCUT2D eigenvalue weighted by Gasteiger charge is -2.18. The van der Waals surface area contributed by atoms with E-state index >= 15 is 0 Å². The Morgan fingerprint density at radius 2 is 2.10 bits per heavy atom. The maximum atomic E-state index is 13.7. The third-order valence-electron chi connectivity index (χ3n) is 2.83. The number of alkyl halides is 2. The second-order valence-corrected chi connectivity index (χ2v) is 4.89. The summed E-state index contributed by atoms with van der Waals surface area (Å²) in [5.74, 6) is -0.353. The van der Waals surface area contributed by atoms with Crippen LogP contribution in [0.3, 0.4) is 0 Å². The molecule has 0 saturated carbocycles. The molecule has 6 heteroatoms. The molecule has 1 atom stereocenters. The van der Waals surface area contributed by atoms with Crippen molar-refractivity contribution >= 4 is 11.6 Å². The van der Waals surface area contributed by atoms with Gasteiger partial charge in [0, 0.05) is 17.7 Å². The number of benzene rings is 1. The molecule has 1 N–H and O–H groups in total. The largest absolute Gasteiger partial charge is 0.375 e. The number of ether oxygens (including phenoxy) is 1. The zero-order chi connectivity index (χ0) is 15.0. The highest BCUT2D eigenvalue weighted by Crippen LogP contribution is 2.16. The molecule has 0 aliphatic rings. The molecule has 2 nitrogen and oxygen atoms in total. The van der Waals surface area contributed by atoms with Crippen molar-refractivity contribution in [1.82, 2.24) is 5.32 Å². The van der Waals surface area contributed by atoms with E-state index in [0.29, 0.717) is 30.0 Å². The van der Waals surface area contributed by atoms with Crippen molar-refractivity contribution in [3.8, 4) is 0 Å². The van der Waals surface area contributed by atoms with Crippen molar-refractivity contribution in [3.63, 3.8) is 0 Å². The number of likely N-dealkylation sites (N-methyl/N-ethyl adjacent to an activating group) is 1. The zero-order valence-corrected chi connectivity index (χ0v) is 12.1. The Morgan fingerprint density at radius 3 is 2.70 bits per heavy atom. The van der Waals surface area contributed by atoms with Gasteiger partial charge in [-0.05, 0) is 37.1 Å². The van der Waals surface area contributed by atoms with Crippen LogP contribution in [-0.4, -0.2) is 32.2 Å². The summed E-state index contributed by atoms with van der Waals surface area (Å²) < 4.78 is 42.4. The summed E-state index contributed by atoms with van der Waals surface area (Å²) in [6, 6.07) is 4.53. The van der Waals surface area contributed by atoms with Gasteiger partial charge < -0.3 is 10.1 Å². The van der Waals surface area contributed by atoms with Gasteiger partial charge in [-0.1, -0.05) is 24.6 Å². The quantitative estimate of drug-likeness (QED) is 0.703. The minimum Gasteiger partial charge on any atom is -0.375 e. The Hall–Kier alpha value is -0.780. The molecule has 1 aromatic rings. The molecule has 0 aliphatic carbocycles. The average Bonchev–Trinajstić information content (AvgIpc) is 2.37. The van der Waals surface area contributed by atoms with Gasteiger partial charge in [-0.3, -0.25) is 0 Å². The van der Waals surface area contributed by atoms with Crippen LogP contribution in [0, 0.1) is 5.82 Å². The van der Waals surface area contributed by atoms with Gasteiger partial charge in [0.1, 0.15) is 12.4 Å². The topological polar surface area (TPSA) is 21.3 Å². The standard InChI is InChI=1S/C14H19ClF3NO/c1-2-19-12(5-6-20-9-14(17)18)7-10-3-4-11(15)8-13(10)16/h3-4,8,12,14,19H,2,5-7,9H2,1H3. The third kappa shape index (κ3) is 6.59. The van der Waals surface area contributed by atoms with Crippen LogP contribution in [0.4, 0.5) is 13.2 Å². The third-order valence-corrected chi connectivity index (χ3v) is 3.06. The molecule has 0 spiro atoms. The summed E-state index contributed by atoms with van der Waals surface area (Å²) in [5, 5.41) is 3.55. The summed E-state index contributed by atoms with van der Waals surface area (Å²) in [7, 11) is 0.